The number of benzene rings is 2. The van der Waals surface area contributed by atoms with Crippen molar-refractivity contribution in [1.82, 2.24) is 15.1 Å². The van der Waals surface area contributed by atoms with Crippen LogP contribution in [0.5, 0.6) is 5.75 Å². The highest BCUT2D eigenvalue weighted by Crippen LogP contribution is 2.30. The largest absolute Gasteiger partial charge is 0.497 e. The molecule has 27 heavy (non-hydrogen) atoms. The summed E-state index contributed by atoms with van der Waals surface area (Å²) in [6, 6.07) is 19.6. The van der Waals surface area contributed by atoms with Gasteiger partial charge in [-0.2, -0.15) is 5.10 Å². The van der Waals surface area contributed by atoms with Crippen molar-refractivity contribution >= 4 is 27.5 Å². The van der Waals surface area contributed by atoms with E-state index in [-0.39, 0.29) is 5.91 Å². The number of carbonyl (C=O) groups excluding carboxylic acids is 1. The molecule has 0 saturated heterocycles. The van der Waals surface area contributed by atoms with E-state index in [1.54, 1.807) is 7.11 Å². The van der Waals surface area contributed by atoms with Crippen molar-refractivity contribution in [3.63, 3.8) is 0 Å². The number of hydrogen-bond donors (Lipinski definition) is 1. The molecule has 0 unspecified atom stereocenters. The number of hydrogen-bond acceptors (Lipinski definition) is 4. The molecular weight excluding hydrogens is 358 g/mol. The molecule has 0 saturated carbocycles. The second kappa shape index (κ2) is 7.25. The van der Waals surface area contributed by atoms with Gasteiger partial charge in [0.1, 0.15) is 10.6 Å². The standard InChI is InChI=1S/C21H19N3O2S/c1-14-18-12-19(20(25)22-13-15-7-6-10-17(11-15)26-2)27-21(18)24(23-14)16-8-4-3-5-9-16/h3-12H,13H2,1-2H3,(H,22,25). The number of fused-ring (bicyclic) bond motifs is 1. The van der Waals surface area contributed by atoms with Crippen molar-refractivity contribution in [2.45, 2.75) is 13.5 Å². The monoisotopic (exact) mass is 377 g/mol. The molecule has 0 aliphatic rings. The summed E-state index contributed by atoms with van der Waals surface area (Å²) in [6.07, 6.45) is 0. The van der Waals surface area contributed by atoms with Crippen molar-refractivity contribution in [3.05, 3.63) is 76.8 Å². The van der Waals surface area contributed by atoms with Gasteiger partial charge in [-0.1, -0.05) is 30.3 Å². The zero-order valence-electron chi connectivity index (χ0n) is 15.1. The minimum atomic E-state index is -0.0852. The number of para-hydroxylation sites is 1. The van der Waals surface area contributed by atoms with Gasteiger partial charge in [0.2, 0.25) is 0 Å². The molecule has 4 aromatic rings. The van der Waals surface area contributed by atoms with Gasteiger partial charge in [0, 0.05) is 11.9 Å². The number of carbonyl (C=O) groups is 1. The highest BCUT2D eigenvalue weighted by atomic mass is 32.1. The molecule has 1 amide bonds. The lowest BCUT2D eigenvalue weighted by Gasteiger charge is -2.06. The number of nitrogens with one attached hydrogen (secondary N) is 1. The van der Waals surface area contributed by atoms with Crippen LogP contribution >= 0.6 is 11.3 Å². The maximum absolute atomic E-state index is 12.6. The fourth-order valence-electron chi connectivity index (χ4n) is 2.96. The zero-order chi connectivity index (χ0) is 18.8. The number of ether oxygens (including phenoxy) is 1. The van der Waals surface area contributed by atoms with Gasteiger partial charge in [-0.15, -0.1) is 11.3 Å². The van der Waals surface area contributed by atoms with Crippen LogP contribution < -0.4 is 10.1 Å². The summed E-state index contributed by atoms with van der Waals surface area (Å²) in [7, 11) is 1.63. The molecule has 5 nitrogen and oxygen atoms in total. The van der Waals surface area contributed by atoms with E-state index >= 15 is 0 Å². The Bertz CT molecular complexity index is 1100. The van der Waals surface area contributed by atoms with E-state index < -0.39 is 0 Å². The Morgan fingerprint density at radius 3 is 2.74 bits per heavy atom. The molecular formula is C21H19N3O2S. The van der Waals surface area contributed by atoms with Crippen LogP contribution in [-0.2, 0) is 6.54 Å². The van der Waals surface area contributed by atoms with Crippen LogP contribution in [0.2, 0.25) is 0 Å². The first-order valence-corrected chi connectivity index (χ1v) is 9.43. The SMILES string of the molecule is COc1cccc(CNC(=O)c2cc3c(C)nn(-c4ccccc4)c3s2)c1. The van der Waals surface area contributed by atoms with Crippen LogP contribution in [0.3, 0.4) is 0 Å². The van der Waals surface area contributed by atoms with E-state index in [4.69, 9.17) is 4.74 Å². The van der Waals surface area contributed by atoms with Crippen LogP contribution in [0.4, 0.5) is 0 Å². The molecule has 0 aliphatic heterocycles. The molecule has 0 spiro atoms. The Morgan fingerprint density at radius 2 is 1.96 bits per heavy atom. The minimum absolute atomic E-state index is 0.0852. The highest BCUT2D eigenvalue weighted by Gasteiger charge is 2.17. The molecule has 2 heterocycles. The molecule has 0 fully saturated rings. The van der Waals surface area contributed by atoms with Crippen molar-refractivity contribution < 1.29 is 9.53 Å². The molecule has 2 aromatic heterocycles. The Labute approximate surface area is 161 Å². The molecule has 0 radical (unpaired) electrons. The number of amides is 1. The van der Waals surface area contributed by atoms with Crippen molar-refractivity contribution in [2.75, 3.05) is 7.11 Å². The second-order valence-electron chi connectivity index (χ2n) is 6.20. The van der Waals surface area contributed by atoms with Crippen LogP contribution in [-0.4, -0.2) is 22.8 Å². The number of thiophene rings is 1. The van der Waals surface area contributed by atoms with Gasteiger partial charge in [0.15, 0.2) is 0 Å². The summed E-state index contributed by atoms with van der Waals surface area (Å²) in [5.74, 6) is 0.695. The first-order chi connectivity index (χ1) is 13.2. The van der Waals surface area contributed by atoms with Gasteiger partial charge >= 0.3 is 0 Å². The molecule has 6 heteroatoms. The Balaban J connectivity index is 1.57. The van der Waals surface area contributed by atoms with Crippen LogP contribution in [0.25, 0.3) is 15.9 Å². The molecule has 0 atom stereocenters. The van der Waals surface area contributed by atoms with Gasteiger partial charge < -0.3 is 10.1 Å². The third-order valence-corrected chi connectivity index (χ3v) is 5.47. The summed E-state index contributed by atoms with van der Waals surface area (Å²) < 4.78 is 7.12. The molecule has 4 rings (SSSR count). The Morgan fingerprint density at radius 1 is 1.15 bits per heavy atom. The summed E-state index contributed by atoms with van der Waals surface area (Å²) in [6.45, 7) is 2.42. The minimum Gasteiger partial charge on any atom is -0.497 e. The predicted molar refractivity (Wildman–Crippen MR) is 108 cm³/mol. The fraction of sp³-hybridized carbons (Fsp3) is 0.143. The maximum atomic E-state index is 12.6. The highest BCUT2D eigenvalue weighted by molar-refractivity contribution is 7.20. The fourth-order valence-corrected chi connectivity index (χ4v) is 4.05. The van der Waals surface area contributed by atoms with Gasteiger partial charge in [0.05, 0.1) is 23.4 Å². The van der Waals surface area contributed by atoms with E-state index in [1.165, 1.54) is 11.3 Å². The summed E-state index contributed by atoms with van der Waals surface area (Å²) in [4.78, 5) is 14.3. The number of nitrogens with zero attached hydrogens (tertiary/aromatic N) is 2. The Hall–Kier alpha value is -3.12. The smallest absolute Gasteiger partial charge is 0.261 e. The van der Waals surface area contributed by atoms with Crippen LogP contribution in [0, 0.1) is 6.92 Å². The van der Waals surface area contributed by atoms with Gasteiger partial charge in [0.25, 0.3) is 5.91 Å². The third-order valence-electron chi connectivity index (χ3n) is 4.36. The first-order valence-electron chi connectivity index (χ1n) is 8.61. The molecule has 0 aliphatic carbocycles. The quantitative estimate of drug-likeness (QED) is 0.563. The van der Waals surface area contributed by atoms with Crippen LogP contribution in [0.1, 0.15) is 20.9 Å². The normalized spacial score (nSPS) is 10.9. The lowest BCUT2D eigenvalue weighted by Crippen LogP contribution is -2.21. The topological polar surface area (TPSA) is 56.1 Å². The van der Waals surface area contributed by atoms with Crippen LogP contribution in [0.15, 0.2) is 60.7 Å². The Kier molecular flexibility index (Phi) is 4.64. The van der Waals surface area contributed by atoms with E-state index in [1.807, 2.05) is 72.3 Å². The summed E-state index contributed by atoms with van der Waals surface area (Å²) >= 11 is 1.45. The average molecular weight is 377 g/mol. The van der Waals surface area contributed by atoms with Gasteiger partial charge in [-0.3, -0.25) is 4.79 Å². The number of aromatic nitrogens is 2. The van der Waals surface area contributed by atoms with Gasteiger partial charge in [-0.05, 0) is 42.8 Å². The van der Waals surface area contributed by atoms with Crippen molar-refractivity contribution in [1.29, 1.82) is 0 Å². The van der Waals surface area contributed by atoms with E-state index in [0.717, 1.165) is 32.9 Å². The van der Waals surface area contributed by atoms with Crippen molar-refractivity contribution in [3.8, 4) is 11.4 Å². The van der Waals surface area contributed by atoms with Gasteiger partial charge in [-0.25, -0.2) is 4.68 Å². The number of aryl methyl sites for hydroxylation is 1. The number of methoxy groups -OCH3 is 1. The summed E-state index contributed by atoms with van der Waals surface area (Å²) in [5.41, 5.74) is 2.90. The second-order valence-corrected chi connectivity index (χ2v) is 7.23. The number of rotatable bonds is 5. The zero-order valence-corrected chi connectivity index (χ0v) is 15.9. The van der Waals surface area contributed by atoms with E-state index in [2.05, 4.69) is 10.4 Å². The lowest BCUT2D eigenvalue weighted by molar-refractivity contribution is 0.0955. The maximum Gasteiger partial charge on any atom is 0.261 e. The predicted octanol–water partition coefficient (Wildman–Crippen LogP) is 4.33. The third kappa shape index (κ3) is 3.44. The van der Waals surface area contributed by atoms with E-state index in [0.29, 0.717) is 11.4 Å². The first kappa shape index (κ1) is 17.3. The average Bonchev–Trinajstić information content (AvgIpc) is 3.28. The lowest BCUT2D eigenvalue weighted by atomic mass is 10.2. The van der Waals surface area contributed by atoms with E-state index in [9.17, 15) is 4.79 Å². The van der Waals surface area contributed by atoms with Crippen molar-refractivity contribution in [2.24, 2.45) is 0 Å². The molecule has 1 N–H and O–H groups in total. The molecule has 136 valence electrons. The molecule has 0 bridgehead atoms. The molecule has 2 aromatic carbocycles. The summed E-state index contributed by atoms with van der Waals surface area (Å²) in [5, 5.41) is 8.61.